The molecule has 0 amide bonds. The van der Waals surface area contributed by atoms with E-state index in [2.05, 4.69) is 15.5 Å². The normalized spacial score (nSPS) is 12.1. The first-order valence-corrected chi connectivity index (χ1v) is 6.01. The zero-order valence-corrected chi connectivity index (χ0v) is 10.4. The third-order valence-corrected chi connectivity index (χ3v) is 2.78. The van der Waals surface area contributed by atoms with Gasteiger partial charge >= 0.3 is 0 Å². The summed E-state index contributed by atoms with van der Waals surface area (Å²) in [4.78, 5) is 0. The Hall–Kier alpha value is -1.61. The molecule has 0 saturated carbocycles. The molecule has 3 nitrogen and oxygen atoms in total. The third kappa shape index (κ3) is 3.17. The van der Waals surface area contributed by atoms with Crippen LogP contribution in [-0.4, -0.2) is 16.1 Å². The summed E-state index contributed by atoms with van der Waals surface area (Å²) in [6, 6.07) is 13.9. The molecule has 2 rings (SSSR count). The third-order valence-electron chi connectivity index (χ3n) is 2.48. The SMILES string of the molecule is Cc1ccc(NC(CCl)c2ccccc2)nn1. The molecule has 0 bridgehead atoms. The van der Waals surface area contributed by atoms with Gasteiger partial charge in [0.1, 0.15) is 5.82 Å². The highest BCUT2D eigenvalue weighted by atomic mass is 35.5. The summed E-state index contributed by atoms with van der Waals surface area (Å²) in [7, 11) is 0. The number of rotatable bonds is 4. The molecule has 0 aliphatic rings. The standard InChI is InChI=1S/C13H14ClN3/c1-10-7-8-13(17-16-10)15-12(9-14)11-5-3-2-4-6-11/h2-8,12H,9H2,1H3,(H,15,17). The first-order chi connectivity index (χ1) is 8.29. The van der Waals surface area contributed by atoms with Crippen molar-refractivity contribution >= 4 is 17.4 Å². The van der Waals surface area contributed by atoms with Crippen molar-refractivity contribution in [2.45, 2.75) is 13.0 Å². The Balaban J connectivity index is 2.13. The zero-order chi connectivity index (χ0) is 12.1. The molecular weight excluding hydrogens is 234 g/mol. The molecule has 0 fully saturated rings. The van der Waals surface area contributed by atoms with Crippen LogP contribution in [0, 0.1) is 6.92 Å². The maximum atomic E-state index is 5.97. The fraction of sp³-hybridized carbons (Fsp3) is 0.231. The van der Waals surface area contributed by atoms with Crippen LogP contribution in [0.4, 0.5) is 5.82 Å². The molecule has 0 aliphatic carbocycles. The van der Waals surface area contributed by atoms with Gasteiger partial charge in [-0.05, 0) is 24.6 Å². The van der Waals surface area contributed by atoms with E-state index in [9.17, 15) is 0 Å². The minimum absolute atomic E-state index is 0.0508. The number of alkyl halides is 1. The van der Waals surface area contributed by atoms with Gasteiger partial charge < -0.3 is 5.32 Å². The fourth-order valence-electron chi connectivity index (χ4n) is 1.55. The second-order valence-electron chi connectivity index (χ2n) is 3.82. The predicted molar refractivity (Wildman–Crippen MR) is 70.3 cm³/mol. The highest BCUT2D eigenvalue weighted by Crippen LogP contribution is 2.18. The molecule has 1 aromatic heterocycles. The first-order valence-electron chi connectivity index (χ1n) is 5.47. The van der Waals surface area contributed by atoms with Gasteiger partial charge in [-0.3, -0.25) is 0 Å². The van der Waals surface area contributed by atoms with Crippen LogP contribution in [0.25, 0.3) is 0 Å². The monoisotopic (exact) mass is 247 g/mol. The number of nitrogens with one attached hydrogen (secondary N) is 1. The van der Waals surface area contributed by atoms with Crippen molar-refractivity contribution in [3.05, 3.63) is 53.7 Å². The van der Waals surface area contributed by atoms with Crippen LogP contribution in [0.5, 0.6) is 0 Å². The van der Waals surface area contributed by atoms with Gasteiger partial charge in [-0.2, -0.15) is 5.10 Å². The number of benzene rings is 1. The minimum atomic E-state index is 0.0508. The molecule has 4 heteroatoms. The number of hydrogen-bond donors (Lipinski definition) is 1. The maximum absolute atomic E-state index is 5.97. The lowest BCUT2D eigenvalue weighted by atomic mass is 10.1. The van der Waals surface area contributed by atoms with E-state index in [-0.39, 0.29) is 6.04 Å². The van der Waals surface area contributed by atoms with Gasteiger partial charge in [0, 0.05) is 5.88 Å². The van der Waals surface area contributed by atoms with Crippen molar-refractivity contribution in [3.63, 3.8) is 0 Å². The number of hydrogen-bond acceptors (Lipinski definition) is 3. The molecule has 1 heterocycles. The van der Waals surface area contributed by atoms with Gasteiger partial charge in [0.25, 0.3) is 0 Å². The average molecular weight is 248 g/mol. The molecular formula is C13H14ClN3. The van der Waals surface area contributed by atoms with Crippen LogP contribution in [0.2, 0.25) is 0 Å². The summed E-state index contributed by atoms with van der Waals surface area (Å²) in [5.74, 6) is 1.23. The lowest BCUT2D eigenvalue weighted by Crippen LogP contribution is -2.13. The maximum Gasteiger partial charge on any atom is 0.149 e. The highest BCUT2D eigenvalue weighted by Gasteiger charge is 2.10. The quantitative estimate of drug-likeness (QED) is 0.844. The van der Waals surface area contributed by atoms with Gasteiger partial charge in [0.05, 0.1) is 11.7 Å². The molecule has 1 aromatic carbocycles. The van der Waals surface area contributed by atoms with E-state index in [4.69, 9.17) is 11.6 Å². The number of aromatic nitrogens is 2. The molecule has 2 aromatic rings. The summed E-state index contributed by atoms with van der Waals surface area (Å²) in [6.07, 6.45) is 0. The summed E-state index contributed by atoms with van der Waals surface area (Å²) in [5, 5.41) is 11.3. The summed E-state index contributed by atoms with van der Waals surface area (Å²) in [6.45, 7) is 1.91. The van der Waals surface area contributed by atoms with E-state index in [0.29, 0.717) is 5.88 Å². The molecule has 0 radical (unpaired) electrons. The Morgan fingerprint density at radius 1 is 1.12 bits per heavy atom. The molecule has 88 valence electrons. The Morgan fingerprint density at radius 3 is 2.47 bits per heavy atom. The second-order valence-corrected chi connectivity index (χ2v) is 4.13. The Bertz CT molecular complexity index is 456. The van der Waals surface area contributed by atoms with Crippen molar-refractivity contribution in [2.75, 3.05) is 11.2 Å². The molecule has 0 spiro atoms. The van der Waals surface area contributed by atoms with Crippen molar-refractivity contribution in [3.8, 4) is 0 Å². The fourth-order valence-corrected chi connectivity index (χ4v) is 1.81. The van der Waals surface area contributed by atoms with E-state index in [1.54, 1.807) is 0 Å². The van der Waals surface area contributed by atoms with Crippen molar-refractivity contribution in [2.24, 2.45) is 0 Å². The van der Waals surface area contributed by atoms with Crippen LogP contribution < -0.4 is 5.32 Å². The Morgan fingerprint density at radius 2 is 1.88 bits per heavy atom. The number of aryl methyl sites for hydroxylation is 1. The second kappa shape index (κ2) is 5.64. The number of halogens is 1. The van der Waals surface area contributed by atoms with Gasteiger partial charge in [-0.1, -0.05) is 30.3 Å². The average Bonchev–Trinajstić information content (AvgIpc) is 2.39. The molecule has 17 heavy (non-hydrogen) atoms. The zero-order valence-electron chi connectivity index (χ0n) is 9.60. The van der Waals surface area contributed by atoms with E-state index < -0.39 is 0 Å². The lowest BCUT2D eigenvalue weighted by molar-refractivity contribution is 0.862. The smallest absolute Gasteiger partial charge is 0.149 e. The molecule has 1 unspecified atom stereocenters. The van der Waals surface area contributed by atoms with Crippen molar-refractivity contribution < 1.29 is 0 Å². The van der Waals surface area contributed by atoms with Gasteiger partial charge in [0.15, 0.2) is 0 Å². The molecule has 0 aliphatic heterocycles. The molecule has 1 atom stereocenters. The number of nitrogens with zero attached hydrogens (tertiary/aromatic N) is 2. The minimum Gasteiger partial charge on any atom is -0.361 e. The molecule has 1 N–H and O–H groups in total. The van der Waals surface area contributed by atoms with Crippen LogP contribution in [0.3, 0.4) is 0 Å². The van der Waals surface area contributed by atoms with Crippen LogP contribution in [0.15, 0.2) is 42.5 Å². The molecule has 0 saturated heterocycles. The van der Waals surface area contributed by atoms with Gasteiger partial charge in [-0.25, -0.2) is 0 Å². The Labute approximate surface area is 106 Å². The van der Waals surface area contributed by atoms with Crippen molar-refractivity contribution in [1.82, 2.24) is 10.2 Å². The van der Waals surface area contributed by atoms with Crippen LogP contribution >= 0.6 is 11.6 Å². The largest absolute Gasteiger partial charge is 0.361 e. The van der Waals surface area contributed by atoms with Crippen molar-refractivity contribution in [1.29, 1.82) is 0 Å². The summed E-state index contributed by atoms with van der Waals surface area (Å²) < 4.78 is 0. The number of anilines is 1. The van der Waals surface area contributed by atoms with E-state index in [1.807, 2.05) is 49.4 Å². The lowest BCUT2D eigenvalue weighted by Gasteiger charge is -2.16. The van der Waals surface area contributed by atoms with E-state index >= 15 is 0 Å². The van der Waals surface area contributed by atoms with E-state index in [0.717, 1.165) is 17.1 Å². The van der Waals surface area contributed by atoms with E-state index in [1.165, 1.54) is 0 Å². The van der Waals surface area contributed by atoms with Gasteiger partial charge in [-0.15, -0.1) is 16.7 Å². The van der Waals surface area contributed by atoms with Gasteiger partial charge in [0.2, 0.25) is 0 Å². The summed E-state index contributed by atoms with van der Waals surface area (Å²) >= 11 is 5.97. The van der Waals surface area contributed by atoms with Crippen LogP contribution in [0.1, 0.15) is 17.3 Å². The first kappa shape index (κ1) is 11.9. The van der Waals surface area contributed by atoms with Crippen LogP contribution in [-0.2, 0) is 0 Å². The highest BCUT2D eigenvalue weighted by molar-refractivity contribution is 6.18. The summed E-state index contributed by atoms with van der Waals surface area (Å²) in [5.41, 5.74) is 2.04. The predicted octanol–water partition coefficient (Wildman–Crippen LogP) is 3.18. The topological polar surface area (TPSA) is 37.8 Å². The Kier molecular flexibility index (Phi) is 3.94.